The number of benzene rings is 1. The van der Waals surface area contributed by atoms with Crippen molar-refractivity contribution in [1.82, 2.24) is 4.90 Å². The number of carbonyl (C=O) groups is 2. The van der Waals surface area contributed by atoms with Gasteiger partial charge in [-0.25, -0.2) is 4.79 Å². The third kappa shape index (κ3) is 4.04. The number of carboxylic acid groups (broad SMARTS) is 1. The van der Waals surface area contributed by atoms with Crippen LogP contribution in [0.5, 0.6) is 11.5 Å². The predicted octanol–water partition coefficient (Wildman–Crippen LogP) is 1.84. The van der Waals surface area contributed by atoms with Gasteiger partial charge in [0.05, 0.1) is 7.11 Å². The normalized spacial score (nSPS) is 11.9. The minimum absolute atomic E-state index is 0.0158. The number of aliphatic carboxylic acids is 1. The molecule has 0 bridgehead atoms. The summed E-state index contributed by atoms with van der Waals surface area (Å²) in [6.45, 7) is -1.74. The number of hydrogen-bond acceptors (Lipinski definition) is 4. The Kier molecular flexibility index (Phi) is 5.45. The SMILES string of the molecule is COc1ccc(C(=O)N(C)C(C)C(=O)O)cc1OC(F)F. The highest BCUT2D eigenvalue weighted by atomic mass is 19.3. The van der Waals surface area contributed by atoms with Crippen LogP contribution in [-0.2, 0) is 4.79 Å². The molecule has 0 fully saturated rings. The Morgan fingerprint density at radius 3 is 2.38 bits per heavy atom. The lowest BCUT2D eigenvalue weighted by Crippen LogP contribution is -2.40. The molecule has 0 spiro atoms. The van der Waals surface area contributed by atoms with Crippen LogP contribution in [0.2, 0.25) is 0 Å². The first-order valence-corrected chi connectivity index (χ1v) is 5.90. The molecule has 1 atom stereocenters. The molecular weight excluding hydrogens is 288 g/mol. The van der Waals surface area contributed by atoms with Crippen LogP contribution in [0.15, 0.2) is 18.2 Å². The van der Waals surface area contributed by atoms with Crippen molar-refractivity contribution >= 4 is 11.9 Å². The molecule has 1 rings (SSSR count). The van der Waals surface area contributed by atoms with Gasteiger partial charge in [0, 0.05) is 12.6 Å². The fourth-order valence-electron chi connectivity index (χ4n) is 1.54. The highest BCUT2D eigenvalue weighted by molar-refractivity contribution is 5.96. The molecule has 1 aromatic rings. The maximum absolute atomic E-state index is 12.3. The Balaban J connectivity index is 3.08. The Morgan fingerprint density at radius 1 is 1.29 bits per heavy atom. The van der Waals surface area contributed by atoms with Crippen molar-refractivity contribution in [3.63, 3.8) is 0 Å². The zero-order chi connectivity index (χ0) is 16.2. The molecule has 6 nitrogen and oxygen atoms in total. The maximum Gasteiger partial charge on any atom is 0.387 e. The summed E-state index contributed by atoms with van der Waals surface area (Å²) in [5, 5.41) is 8.87. The standard InChI is InChI=1S/C13H15F2NO5/c1-7(12(18)19)16(2)11(17)8-4-5-9(20-3)10(6-8)21-13(14)15/h4-7,13H,1-3H3,(H,18,19). The lowest BCUT2D eigenvalue weighted by Gasteiger charge is -2.22. The number of methoxy groups -OCH3 is 1. The summed E-state index contributed by atoms with van der Waals surface area (Å²) >= 11 is 0. The first-order chi connectivity index (χ1) is 9.77. The monoisotopic (exact) mass is 303 g/mol. The third-order valence-corrected chi connectivity index (χ3v) is 2.89. The van der Waals surface area contributed by atoms with Crippen LogP contribution in [-0.4, -0.2) is 48.7 Å². The molecular formula is C13H15F2NO5. The molecule has 1 N–H and O–H groups in total. The number of likely N-dealkylation sites (N-methyl/N-ethyl adjacent to an activating group) is 1. The summed E-state index contributed by atoms with van der Waals surface area (Å²) in [5.41, 5.74) is 0.0158. The van der Waals surface area contributed by atoms with Crippen molar-refractivity contribution in [3.05, 3.63) is 23.8 Å². The van der Waals surface area contributed by atoms with E-state index in [1.165, 1.54) is 33.2 Å². The highest BCUT2D eigenvalue weighted by Crippen LogP contribution is 2.30. The van der Waals surface area contributed by atoms with Gasteiger partial charge in [0.1, 0.15) is 6.04 Å². The van der Waals surface area contributed by atoms with Crippen LogP contribution in [0, 0.1) is 0 Å². The van der Waals surface area contributed by atoms with Gasteiger partial charge in [0.15, 0.2) is 11.5 Å². The van der Waals surface area contributed by atoms with E-state index in [0.717, 1.165) is 11.0 Å². The van der Waals surface area contributed by atoms with Crippen molar-refractivity contribution in [3.8, 4) is 11.5 Å². The molecule has 116 valence electrons. The Morgan fingerprint density at radius 2 is 1.90 bits per heavy atom. The molecule has 0 saturated carbocycles. The number of alkyl halides is 2. The third-order valence-electron chi connectivity index (χ3n) is 2.89. The van der Waals surface area contributed by atoms with Gasteiger partial charge in [0.25, 0.3) is 5.91 Å². The molecule has 1 amide bonds. The zero-order valence-corrected chi connectivity index (χ0v) is 11.7. The minimum Gasteiger partial charge on any atom is -0.493 e. The van der Waals surface area contributed by atoms with Crippen LogP contribution in [0.3, 0.4) is 0 Å². The Bertz CT molecular complexity index is 535. The van der Waals surface area contributed by atoms with Gasteiger partial charge in [-0.15, -0.1) is 0 Å². The van der Waals surface area contributed by atoms with E-state index in [4.69, 9.17) is 9.84 Å². The second-order valence-corrected chi connectivity index (χ2v) is 4.17. The molecule has 0 heterocycles. The molecule has 0 aliphatic carbocycles. The molecule has 0 aliphatic rings. The summed E-state index contributed by atoms with van der Waals surface area (Å²) in [6, 6.07) is 2.66. The second-order valence-electron chi connectivity index (χ2n) is 4.17. The van der Waals surface area contributed by atoms with E-state index in [0.29, 0.717) is 0 Å². The van der Waals surface area contributed by atoms with Crippen molar-refractivity contribution < 1.29 is 33.0 Å². The fourth-order valence-corrected chi connectivity index (χ4v) is 1.54. The summed E-state index contributed by atoms with van der Waals surface area (Å²) in [4.78, 5) is 23.9. The fraction of sp³-hybridized carbons (Fsp3) is 0.385. The molecule has 1 unspecified atom stereocenters. The molecule has 0 radical (unpaired) electrons. The van der Waals surface area contributed by atoms with Crippen LogP contribution in [0.1, 0.15) is 17.3 Å². The van der Waals surface area contributed by atoms with E-state index in [9.17, 15) is 18.4 Å². The summed E-state index contributed by atoms with van der Waals surface area (Å²) < 4.78 is 33.7. The Hall–Kier alpha value is -2.38. The maximum atomic E-state index is 12.3. The average molecular weight is 303 g/mol. The second kappa shape index (κ2) is 6.87. The smallest absolute Gasteiger partial charge is 0.387 e. The number of halogens is 2. The Labute approximate surface area is 119 Å². The van der Waals surface area contributed by atoms with E-state index >= 15 is 0 Å². The van der Waals surface area contributed by atoms with Gasteiger partial charge >= 0.3 is 12.6 Å². The largest absolute Gasteiger partial charge is 0.493 e. The quantitative estimate of drug-likeness (QED) is 0.868. The minimum atomic E-state index is -3.07. The van der Waals surface area contributed by atoms with Gasteiger partial charge in [-0.1, -0.05) is 0 Å². The van der Waals surface area contributed by atoms with Crippen molar-refractivity contribution in [2.45, 2.75) is 19.6 Å². The highest BCUT2D eigenvalue weighted by Gasteiger charge is 2.24. The first kappa shape index (κ1) is 16.7. The number of rotatable bonds is 6. The van der Waals surface area contributed by atoms with Crippen molar-refractivity contribution in [2.24, 2.45) is 0 Å². The average Bonchev–Trinajstić information content (AvgIpc) is 2.44. The van der Waals surface area contributed by atoms with Crippen molar-refractivity contribution in [1.29, 1.82) is 0 Å². The topological polar surface area (TPSA) is 76.1 Å². The van der Waals surface area contributed by atoms with Crippen LogP contribution in [0.25, 0.3) is 0 Å². The summed E-state index contributed by atoms with van der Waals surface area (Å²) in [6.07, 6.45) is 0. The summed E-state index contributed by atoms with van der Waals surface area (Å²) in [5.74, 6) is -2.06. The van der Waals surface area contributed by atoms with Crippen LogP contribution < -0.4 is 9.47 Å². The predicted molar refractivity (Wildman–Crippen MR) is 68.8 cm³/mol. The number of carbonyl (C=O) groups excluding carboxylic acids is 1. The van der Waals surface area contributed by atoms with Gasteiger partial charge in [0.2, 0.25) is 0 Å². The number of nitrogens with zero attached hydrogens (tertiary/aromatic N) is 1. The lowest BCUT2D eigenvalue weighted by molar-refractivity contribution is -0.141. The van der Waals surface area contributed by atoms with E-state index < -0.39 is 24.5 Å². The number of carboxylic acids is 1. The van der Waals surface area contributed by atoms with Gasteiger partial charge < -0.3 is 19.5 Å². The number of ether oxygens (including phenoxy) is 2. The summed E-state index contributed by atoms with van der Waals surface area (Å²) in [7, 11) is 2.58. The lowest BCUT2D eigenvalue weighted by atomic mass is 10.1. The first-order valence-electron chi connectivity index (χ1n) is 5.90. The van der Waals surface area contributed by atoms with Crippen LogP contribution in [0.4, 0.5) is 8.78 Å². The molecule has 0 aliphatic heterocycles. The van der Waals surface area contributed by atoms with Gasteiger partial charge in [-0.2, -0.15) is 8.78 Å². The molecule has 8 heteroatoms. The van der Waals surface area contributed by atoms with Crippen molar-refractivity contribution in [2.75, 3.05) is 14.2 Å². The van der Waals surface area contributed by atoms with Gasteiger partial charge in [-0.05, 0) is 25.1 Å². The van der Waals surface area contributed by atoms with Gasteiger partial charge in [-0.3, -0.25) is 4.79 Å². The van der Waals surface area contributed by atoms with E-state index in [2.05, 4.69) is 4.74 Å². The van der Waals surface area contributed by atoms with E-state index in [-0.39, 0.29) is 17.1 Å². The molecule has 0 aromatic heterocycles. The number of hydrogen-bond donors (Lipinski definition) is 1. The molecule has 1 aromatic carbocycles. The van der Waals surface area contributed by atoms with E-state index in [1.54, 1.807) is 0 Å². The molecule has 0 saturated heterocycles. The zero-order valence-electron chi connectivity index (χ0n) is 11.7. The van der Waals surface area contributed by atoms with E-state index in [1.807, 2.05) is 0 Å². The van der Waals surface area contributed by atoms with Crippen LogP contribution >= 0.6 is 0 Å². The molecule has 21 heavy (non-hydrogen) atoms. The number of amides is 1.